The molecular weight excluding hydrogens is 372 g/mol. The Bertz CT molecular complexity index is 730. The molecule has 0 spiro atoms. The Hall–Kier alpha value is -3.00. The first kappa shape index (κ1) is 22.3. The minimum Gasteiger partial charge on any atom is -0.497 e. The Balaban J connectivity index is 1.83. The summed E-state index contributed by atoms with van der Waals surface area (Å²) in [7, 11) is 1.64. The smallest absolute Gasteiger partial charge is 0.239 e. The average molecular weight is 402 g/mol. The summed E-state index contributed by atoms with van der Waals surface area (Å²) in [5.74, 6) is 1.94. The molecule has 3 N–H and O–H groups in total. The van der Waals surface area contributed by atoms with Crippen LogP contribution in [-0.2, 0) is 22.6 Å². The van der Waals surface area contributed by atoms with Gasteiger partial charge in [-0.25, -0.2) is 4.99 Å². The summed E-state index contributed by atoms with van der Waals surface area (Å²) >= 11 is 0. The van der Waals surface area contributed by atoms with Gasteiger partial charge in [-0.05, 0) is 43.2 Å². The number of ether oxygens (including phenoxy) is 2. The fourth-order valence-electron chi connectivity index (χ4n) is 2.43. The van der Waals surface area contributed by atoms with E-state index in [2.05, 4.69) is 20.9 Å². The van der Waals surface area contributed by atoms with Crippen LogP contribution < -0.4 is 20.7 Å². The highest BCUT2D eigenvalue weighted by Crippen LogP contribution is 2.11. The predicted octanol–water partition coefficient (Wildman–Crippen LogP) is 2.07. The van der Waals surface area contributed by atoms with Gasteiger partial charge < -0.3 is 29.8 Å². The Morgan fingerprint density at radius 3 is 2.66 bits per heavy atom. The Labute approximate surface area is 171 Å². The number of aliphatic imine (C=N–C) groups is 1. The quantitative estimate of drug-likeness (QED) is 0.286. The van der Waals surface area contributed by atoms with Gasteiger partial charge in [-0.3, -0.25) is 4.79 Å². The number of methoxy groups -OCH3 is 1. The SMILES string of the molecule is CCOCCCNC(=NCc1ccc(OC)cc1)NCC(=O)NCc1ccco1. The van der Waals surface area contributed by atoms with Gasteiger partial charge in [0, 0.05) is 19.8 Å². The lowest BCUT2D eigenvalue weighted by Gasteiger charge is -2.13. The molecule has 1 aromatic heterocycles. The lowest BCUT2D eigenvalue weighted by molar-refractivity contribution is -0.120. The van der Waals surface area contributed by atoms with Gasteiger partial charge in [0.15, 0.2) is 5.96 Å². The van der Waals surface area contributed by atoms with Crippen LogP contribution in [0.25, 0.3) is 0 Å². The molecule has 1 heterocycles. The summed E-state index contributed by atoms with van der Waals surface area (Å²) < 4.78 is 15.7. The maximum Gasteiger partial charge on any atom is 0.239 e. The van der Waals surface area contributed by atoms with E-state index in [9.17, 15) is 4.79 Å². The normalized spacial score (nSPS) is 11.2. The van der Waals surface area contributed by atoms with Crippen LogP contribution in [0.15, 0.2) is 52.1 Å². The van der Waals surface area contributed by atoms with Crippen molar-refractivity contribution in [2.45, 2.75) is 26.4 Å². The number of carbonyl (C=O) groups excluding carboxylic acids is 1. The first-order valence-electron chi connectivity index (χ1n) is 9.73. The van der Waals surface area contributed by atoms with Gasteiger partial charge in [-0.15, -0.1) is 0 Å². The van der Waals surface area contributed by atoms with Crippen LogP contribution >= 0.6 is 0 Å². The summed E-state index contributed by atoms with van der Waals surface area (Å²) in [4.78, 5) is 16.6. The second-order valence-electron chi connectivity index (χ2n) is 6.20. The highest BCUT2D eigenvalue weighted by Gasteiger charge is 2.05. The second kappa shape index (κ2) is 13.2. The zero-order chi connectivity index (χ0) is 20.7. The molecule has 0 atom stereocenters. The van der Waals surface area contributed by atoms with Crippen LogP contribution in [0.5, 0.6) is 5.75 Å². The van der Waals surface area contributed by atoms with E-state index in [-0.39, 0.29) is 12.5 Å². The highest BCUT2D eigenvalue weighted by molar-refractivity contribution is 5.86. The predicted molar refractivity (Wildman–Crippen MR) is 112 cm³/mol. The molecule has 0 radical (unpaired) electrons. The second-order valence-corrected chi connectivity index (χ2v) is 6.20. The van der Waals surface area contributed by atoms with Crippen LogP contribution in [-0.4, -0.2) is 45.3 Å². The summed E-state index contributed by atoms with van der Waals surface area (Å²) in [6.07, 6.45) is 2.43. The summed E-state index contributed by atoms with van der Waals surface area (Å²) in [6.45, 7) is 5.00. The first-order chi connectivity index (χ1) is 14.2. The maximum atomic E-state index is 12.1. The van der Waals surface area contributed by atoms with Crippen LogP contribution in [0, 0.1) is 0 Å². The van der Waals surface area contributed by atoms with Crippen molar-refractivity contribution in [2.75, 3.05) is 33.4 Å². The molecule has 8 nitrogen and oxygen atoms in total. The summed E-state index contributed by atoms with van der Waals surface area (Å²) in [6, 6.07) is 11.3. The molecule has 0 saturated carbocycles. The molecule has 0 bridgehead atoms. The first-order valence-corrected chi connectivity index (χ1v) is 9.73. The van der Waals surface area contributed by atoms with E-state index in [1.807, 2.05) is 37.3 Å². The number of rotatable bonds is 12. The molecule has 158 valence electrons. The van der Waals surface area contributed by atoms with E-state index in [1.54, 1.807) is 19.4 Å². The molecule has 0 aliphatic heterocycles. The van der Waals surface area contributed by atoms with E-state index in [4.69, 9.17) is 13.9 Å². The number of furan rings is 1. The lowest BCUT2D eigenvalue weighted by Crippen LogP contribution is -2.43. The Kier molecular flexibility index (Phi) is 10.2. The molecule has 8 heteroatoms. The number of hydrogen-bond donors (Lipinski definition) is 3. The van der Waals surface area contributed by atoms with Crippen molar-refractivity contribution in [2.24, 2.45) is 4.99 Å². The lowest BCUT2D eigenvalue weighted by atomic mass is 10.2. The summed E-state index contributed by atoms with van der Waals surface area (Å²) in [5.41, 5.74) is 1.04. The zero-order valence-corrected chi connectivity index (χ0v) is 17.1. The Morgan fingerprint density at radius 1 is 1.14 bits per heavy atom. The number of benzene rings is 1. The molecule has 0 aliphatic carbocycles. The van der Waals surface area contributed by atoms with Crippen molar-refractivity contribution >= 4 is 11.9 Å². The fourth-order valence-corrected chi connectivity index (χ4v) is 2.43. The van der Waals surface area contributed by atoms with Crippen molar-refractivity contribution in [3.8, 4) is 5.75 Å². The van der Waals surface area contributed by atoms with E-state index >= 15 is 0 Å². The van der Waals surface area contributed by atoms with Gasteiger partial charge in [0.25, 0.3) is 0 Å². The zero-order valence-electron chi connectivity index (χ0n) is 17.1. The van der Waals surface area contributed by atoms with Gasteiger partial charge in [0.2, 0.25) is 5.91 Å². The number of guanidine groups is 1. The van der Waals surface area contributed by atoms with Crippen LogP contribution in [0.4, 0.5) is 0 Å². The molecule has 2 rings (SSSR count). The van der Waals surface area contributed by atoms with Crippen molar-refractivity contribution in [3.63, 3.8) is 0 Å². The van der Waals surface area contributed by atoms with Gasteiger partial charge in [0.1, 0.15) is 11.5 Å². The topological polar surface area (TPSA) is 97.1 Å². The van der Waals surface area contributed by atoms with Gasteiger partial charge in [0.05, 0.1) is 33.0 Å². The number of nitrogens with one attached hydrogen (secondary N) is 3. The third-order valence-corrected chi connectivity index (χ3v) is 4.00. The number of nitrogens with zero attached hydrogens (tertiary/aromatic N) is 1. The third kappa shape index (κ3) is 9.16. The Morgan fingerprint density at radius 2 is 1.97 bits per heavy atom. The van der Waals surface area contributed by atoms with Gasteiger partial charge >= 0.3 is 0 Å². The molecule has 1 aromatic carbocycles. The number of hydrogen-bond acceptors (Lipinski definition) is 5. The third-order valence-electron chi connectivity index (χ3n) is 4.00. The monoisotopic (exact) mass is 402 g/mol. The van der Waals surface area contributed by atoms with Gasteiger partial charge in [-0.2, -0.15) is 0 Å². The molecule has 0 aliphatic rings. The van der Waals surface area contributed by atoms with E-state index in [1.165, 1.54) is 0 Å². The largest absolute Gasteiger partial charge is 0.497 e. The van der Waals surface area contributed by atoms with Crippen molar-refractivity contribution < 1.29 is 18.7 Å². The van der Waals surface area contributed by atoms with Crippen LogP contribution in [0.2, 0.25) is 0 Å². The van der Waals surface area contributed by atoms with E-state index < -0.39 is 0 Å². The molecular formula is C21H30N4O4. The van der Waals surface area contributed by atoms with Crippen molar-refractivity contribution in [1.29, 1.82) is 0 Å². The van der Waals surface area contributed by atoms with Crippen LogP contribution in [0.3, 0.4) is 0 Å². The molecule has 29 heavy (non-hydrogen) atoms. The van der Waals surface area contributed by atoms with Crippen molar-refractivity contribution in [1.82, 2.24) is 16.0 Å². The fraction of sp³-hybridized carbons (Fsp3) is 0.429. The van der Waals surface area contributed by atoms with E-state index in [0.717, 1.165) is 17.7 Å². The average Bonchev–Trinajstić information content (AvgIpc) is 3.27. The van der Waals surface area contributed by atoms with Crippen molar-refractivity contribution in [3.05, 3.63) is 54.0 Å². The molecule has 1 amide bonds. The highest BCUT2D eigenvalue weighted by atomic mass is 16.5. The van der Waals surface area contributed by atoms with Crippen LogP contribution in [0.1, 0.15) is 24.7 Å². The van der Waals surface area contributed by atoms with Gasteiger partial charge in [-0.1, -0.05) is 12.1 Å². The minimum atomic E-state index is -0.144. The number of amides is 1. The maximum absolute atomic E-state index is 12.1. The van der Waals surface area contributed by atoms with E-state index in [0.29, 0.717) is 44.6 Å². The molecule has 0 saturated heterocycles. The molecule has 2 aromatic rings. The number of carbonyl (C=O) groups is 1. The molecule has 0 fully saturated rings. The minimum absolute atomic E-state index is 0.112. The summed E-state index contributed by atoms with van der Waals surface area (Å²) in [5, 5.41) is 9.10. The molecule has 0 unspecified atom stereocenters. The standard InChI is InChI=1S/C21H30N4O4/c1-3-28-12-5-11-22-21(24-14-17-7-9-18(27-2)10-8-17)25-16-20(26)23-15-19-6-4-13-29-19/h4,6-10,13H,3,5,11-12,14-16H2,1-2H3,(H,23,26)(H2,22,24,25).